The van der Waals surface area contributed by atoms with E-state index in [2.05, 4.69) is 5.32 Å². The molecule has 1 aromatic rings. The second kappa shape index (κ2) is 9.25. The summed E-state index contributed by atoms with van der Waals surface area (Å²) in [5.74, 6) is 0.832. The Morgan fingerprint density at radius 1 is 1.39 bits per heavy atom. The van der Waals surface area contributed by atoms with Crippen LogP contribution in [0.5, 0.6) is 0 Å². The van der Waals surface area contributed by atoms with Crippen molar-refractivity contribution in [1.29, 1.82) is 0 Å². The molecule has 0 aliphatic carbocycles. The van der Waals surface area contributed by atoms with Crippen LogP contribution in [-0.4, -0.2) is 31.4 Å². The second-order valence-corrected chi connectivity index (χ2v) is 5.20. The van der Waals surface area contributed by atoms with Gasteiger partial charge in [0.2, 0.25) is 5.91 Å². The minimum Gasteiger partial charge on any atom is -0.380 e. The fourth-order valence-electron chi connectivity index (χ4n) is 1.29. The van der Waals surface area contributed by atoms with Crippen LogP contribution in [0.15, 0.2) is 29.2 Å². The molecule has 0 saturated carbocycles. The summed E-state index contributed by atoms with van der Waals surface area (Å²) >= 11 is 7.44. The van der Waals surface area contributed by atoms with Crippen LogP contribution in [0.4, 0.5) is 0 Å². The highest BCUT2D eigenvalue weighted by Gasteiger charge is 2.01. The summed E-state index contributed by atoms with van der Waals surface area (Å²) in [6, 6.07) is 7.62. The molecule has 0 unspecified atom stereocenters. The topological polar surface area (TPSA) is 38.3 Å². The van der Waals surface area contributed by atoms with Crippen molar-refractivity contribution in [3.8, 4) is 0 Å². The van der Waals surface area contributed by atoms with E-state index < -0.39 is 0 Å². The standard InChI is InChI=1S/C13H18ClNO2S/c1-2-17-9-8-15-13(16)7-10-18-12-5-3-11(14)4-6-12/h3-6H,2,7-10H2,1H3,(H,15,16). The fourth-order valence-corrected chi connectivity index (χ4v) is 2.27. The van der Waals surface area contributed by atoms with E-state index in [1.807, 2.05) is 31.2 Å². The van der Waals surface area contributed by atoms with Gasteiger partial charge in [-0.25, -0.2) is 0 Å². The zero-order chi connectivity index (χ0) is 13.2. The van der Waals surface area contributed by atoms with Gasteiger partial charge < -0.3 is 10.1 Å². The fraction of sp³-hybridized carbons (Fsp3) is 0.462. The Balaban J connectivity index is 2.10. The predicted molar refractivity (Wildman–Crippen MR) is 76.3 cm³/mol. The Bertz CT molecular complexity index is 357. The highest BCUT2D eigenvalue weighted by Crippen LogP contribution is 2.20. The number of rotatable bonds is 8. The van der Waals surface area contributed by atoms with Gasteiger partial charge in [-0.2, -0.15) is 0 Å². The van der Waals surface area contributed by atoms with Crippen molar-refractivity contribution >= 4 is 29.3 Å². The maximum atomic E-state index is 11.4. The average molecular weight is 288 g/mol. The molecule has 0 saturated heterocycles. The summed E-state index contributed by atoms with van der Waals surface area (Å²) in [6.45, 7) is 3.78. The Hall–Kier alpha value is -0.710. The van der Waals surface area contributed by atoms with Gasteiger partial charge in [0.1, 0.15) is 0 Å². The molecule has 18 heavy (non-hydrogen) atoms. The van der Waals surface area contributed by atoms with Crippen molar-refractivity contribution in [2.45, 2.75) is 18.2 Å². The molecule has 1 aromatic carbocycles. The van der Waals surface area contributed by atoms with E-state index in [-0.39, 0.29) is 5.91 Å². The van der Waals surface area contributed by atoms with E-state index in [4.69, 9.17) is 16.3 Å². The summed E-state index contributed by atoms with van der Waals surface area (Å²) in [7, 11) is 0. The number of halogens is 1. The summed E-state index contributed by atoms with van der Waals surface area (Å²) in [5.41, 5.74) is 0. The van der Waals surface area contributed by atoms with Crippen LogP contribution in [0.2, 0.25) is 5.02 Å². The van der Waals surface area contributed by atoms with Crippen molar-refractivity contribution in [3.63, 3.8) is 0 Å². The summed E-state index contributed by atoms with van der Waals surface area (Å²) in [6.07, 6.45) is 0.513. The van der Waals surface area contributed by atoms with Crippen LogP contribution in [0, 0.1) is 0 Å². The molecule has 1 amide bonds. The van der Waals surface area contributed by atoms with Gasteiger partial charge in [0.15, 0.2) is 0 Å². The molecule has 0 aliphatic heterocycles. The lowest BCUT2D eigenvalue weighted by Crippen LogP contribution is -2.27. The maximum absolute atomic E-state index is 11.4. The highest BCUT2D eigenvalue weighted by molar-refractivity contribution is 7.99. The predicted octanol–water partition coefficient (Wildman–Crippen LogP) is 2.97. The minimum absolute atomic E-state index is 0.0659. The molecule has 1 N–H and O–H groups in total. The molecule has 0 fully saturated rings. The van der Waals surface area contributed by atoms with E-state index in [0.29, 0.717) is 26.2 Å². The molecular weight excluding hydrogens is 270 g/mol. The van der Waals surface area contributed by atoms with Gasteiger partial charge in [-0.3, -0.25) is 4.79 Å². The average Bonchev–Trinajstić information content (AvgIpc) is 2.37. The van der Waals surface area contributed by atoms with Gasteiger partial charge in [-0.1, -0.05) is 11.6 Å². The lowest BCUT2D eigenvalue weighted by molar-refractivity contribution is -0.120. The second-order valence-electron chi connectivity index (χ2n) is 3.60. The molecule has 0 bridgehead atoms. The third-order valence-corrected chi connectivity index (χ3v) is 3.45. The Morgan fingerprint density at radius 2 is 2.11 bits per heavy atom. The van der Waals surface area contributed by atoms with E-state index >= 15 is 0 Å². The zero-order valence-corrected chi connectivity index (χ0v) is 12.0. The van der Waals surface area contributed by atoms with Gasteiger partial charge >= 0.3 is 0 Å². The van der Waals surface area contributed by atoms with Crippen LogP contribution in [0.3, 0.4) is 0 Å². The number of hydrogen-bond acceptors (Lipinski definition) is 3. The summed E-state index contributed by atoms with van der Waals surface area (Å²) in [5, 5.41) is 3.54. The van der Waals surface area contributed by atoms with Crippen LogP contribution in [0.1, 0.15) is 13.3 Å². The molecule has 0 aliphatic rings. The normalized spacial score (nSPS) is 10.3. The van der Waals surface area contributed by atoms with Crippen LogP contribution < -0.4 is 5.32 Å². The van der Waals surface area contributed by atoms with Gasteiger partial charge in [-0.05, 0) is 31.2 Å². The monoisotopic (exact) mass is 287 g/mol. The first kappa shape index (κ1) is 15.3. The molecule has 100 valence electrons. The molecule has 0 heterocycles. The molecule has 1 rings (SSSR count). The first-order valence-electron chi connectivity index (χ1n) is 5.95. The quantitative estimate of drug-likeness (QED) is 0.590. The number of thioether (sulfide) groups is 1. The van der Waals surface area contributed by atoms with E-state index in [1.54, 1.807) is 11.8 Å². The molecule has 0 spiro atoms. The lowest BCUT2D eigenvalue weighted by atomic mass is 10.4. The first-order chi connectivity index (χ1) is 8.72. The molecule has 0 radical (unpaired) electrons. The number of benzene rings is 1. The highest BCUT2D eigenvalue weighted by atomic mass is 35.5. The SMILES string of the molecule is CCOCCNC(=O)CCSc1ccc(Cl)cc1. The van der Waals surface area contributed by atoms with Crippen LogP contribution >= 0.6 is 23.4 Å². The Morgan fingerprint density at radius 3 is 2.78 bits per heavy atom. The zero-order valence-electron chi connectivity index (χ0n) is 10.4. The number of carbonyl (C=O) groups is 1. The minimum atomic E-state index is 0.0659. The van der Waals surface area contributed by atoms with Gasteiger partial charge in [-0.15, -0.1) is 11.8 Å². The largest absolute Gasteiger partial charge is 0.380 e. The maximum Gasteiger partial charge on any atom is 0.220 e. The van der Waals surface area contributed by atoms with Crippen molar-refractivity contribution in [2.24, 2.45) is 0 Å². The van der Waals surface area contributed by atoms with Crippen molar-refractivity contribution in [3.05, 3.63) is 29.3 Å². The van der Waals surface area contributed by atoms with Crippen LogP contribution in [-0.2, 0) is 9.53 Å². The molecule has 3 nitrogen and oxygen atoms in total. The summed E-state index contributed by atoms with van der Waals surface area (Å²) < 4.78 is 5.14. The van der Waals surface area contributed by atoms with Gasteiger partial charge in [0.05, 0.1) is 6.61 Å². The molecular formula is C13H18ClNO2S. The molecule has 5 heteroatoms. The van der Waals surface area contributed by atoms with Crippen molar-refractivity contribution in [1.82, 2.24) is 5.32 Å². The smallest absolute Gasteiger partial charge is 0.220 e. The molecule has 0 aromatic heterocycles. The number of carbonyl (C=O) groups excluding carboxylic acids is 1. The van der Waals surface area contributed by atoms with E-state index in [0.717, 1.165) is 15.7 Å². The first-order valence-corrected chi connectivity index (χ1v) is 7.31. The third-order valence-electron chi connectivity index (χ3n) is 2.18. The molecule has 0 atom stereocenters. The van der Waals surface area contributed by atoms with Gasteiger partial charge in [0, 0.05) is 35.2 Å². The Labute approximate surface area is 117 Å². The number of amides is 1. The van der Waals surface area contributed by atoms with Gasteiger partial charge in [0.25, 0.3) is 0 Å². The summed E-state index contributed by atoms with van der Waals surface area (Å²) in [4.78, 5) is 12.6. The Kier molecular flexibility index (Phi) is 7.89. The van der Waals surface area contributed by atoms with Crippen LogP contribution in [0.25, 0.3) is 0 Å². The third kappa shape index (κ3) is 6.89. The van der Waals surface area contributed by atoms with E-state index in [1.165, 1.54) is 0 Å². The number of nitrogens with one attached hydrogen (secondary N) is 1. The van der Waals surface area contributed by atoms with Crippen molar-refractivity contribution < 1.29 is 9.53 Å². The van der Waals surface area contributed by atoms with E-state index in [9.17, 15) is 4.79 Å². The number of hydrogen-bond donors (Lipinski definition) is 1. The van der Waals surface area contributed by atoms with Crippen molar-refractivity contribution in [2.75, 3.05) is 25.5 Å². The number of ether oxygens (including phenoxy) is 1. The lowest BCUT2D eigenvalue weighted by Gasteiger charge is -2.05.